The molecule has 1 aromatic heterocycles. The van der Waals surface area contributed by atoms with Gasteiger partial charge in [0.25, 0.3) is 5.91 Å². The van der Waals surface area contributed by atoms with E-state index in [0.29, 0.717) is 28.3 Å². The number of thiophene rings is 1. The predicted molar refractivity (Wildman–Crippen MR) is 91.3 cm³/mol. The van der Waals surface area contributed by atoms with Crippen molar-refractivity contribution in [2.24, 2.45) is 17.1 Å². The number of rotatable bonds is 5. The van der Waals surface area contributed by atoms with E-state index in [1.165, 1.54) is 16.2 Å². The lowest BCUT2D eigenvalue weighted by atomic mass is 9.69. The molecule has 1 aliphatic rings. The number of amides is 2. The zero-order chi connectivity index (χ0) is 16.5. The minimum absolute atomic E-state index is 0.0773. The Morgan fingerprint density at radius 3 is 2.59 bits per heavy atom. The van der Waals surface area contributed by atoms with Crippen LogP contribution in [0.3, 0.4) is 0 Å². The lowest BCUT2D eigenvalue weighted by Gasteiger charge is -2.36. The molecule has 4 nitrogen and oxygen atoms in total. The molecule has 0 saturated carbocycles. The van der Waals surface area contributed by atoms with Gasteiger partial charge in [-0.05, 0) is 36.2 Å². The normalized spacial score (nSPS) is 17.9. The Hall–Kier alpha value is -1.36. The maximum atomic E-state index is 11.8. The molecule has 0 spiro atoms. The number of nitrogens with two attached hydrogens (primary N) is 1. The summed E-state index contributed by atoms with van der Waals surface area (Å²) in [7, 11) is 0. The van der Waals surface area contributed by atoms with E-state index in [9.17, 15) is 9.59 Å². The molecule has 22 heavy (non-hydrogen) atoms. The Morgan fingerprint density at radius 1 is 1.36 bits per heavy atom. The van der Waals surface area contributed by atoms with Crippen LogP contribution in [-0.4, -0.2) is 11.8 Å². The fraction of sp³-hybridized carbons (Fsp3) is 0.647. The highest BCUT2D eigenvalue weighted by Gasteiger charge is 2.34. The van der Waals surface area contributed by atoms with Gasteiger partial charge >= 0.3 is 0 Å². The molecule has 2 rings (SSSR count). The van der Waals surface area contributed by atoms with E-state index in [-0.39, 0.29) is 5.91 Å². The Balaban J connectivity index is 2.35. The first-order valence-electron chi connectivity index (χ1n) is 8.04. The Labute approximate surface area is 136 Å². The van der Waals surface area contributed by atoms with Crippen molar-refractivity contribution in [3.05, 3.63) is 16.0 Å². The molecule has 0 aromatic carbocycles. The maximum Gasteiger partial charge on any atom is 0.251 e. The van der Waals surface area contributed by atoms with Crippen molar-refractivity contribution in [1.82, 2.24) is 0 Å². The van der Waals surface area contributed by atoms with Gasteiger partial charge in [-0.3, -0.25) is 9.59 Å². The van der Waals surface area contributed by atoms with E-state index in [0.717, 1.165) is 31.2 Å². The van der Waals surface area contributed by atoms with Crippen molar-refractivity contribution >= 4 is 28.2 Å². The van der Waals surface area contributed by atoms with Gasteiger partial charge in [0.05, 0.1) is 5.56 Å². The molecule has 1 aromatic rings. The zero-order valence-corrected chi connectivity index (χ0v) is 14.7. The molecule has 0 radical (unpaired) electrons. The quantitative estimate of drug-likeness (QED) is 0.867. The molecule has 5 heteroatoms. The van der Waals surface area contributed by atoms with Crippen LogP contribution in [0.4, 0.5) is 5.00 Å². The fourth-order valence-corrected chi connectivity index (χ4v) is 4.45. The van der Waals surface area contributed by atoms with Crippen molar-refractivity contribution in [3.8, 4) is 0 Å². The van der Waals surface area contributed by atoms with Crippen LogP contribution in [0.2, 0.25) is 0 Å². The second-order valence-corrected chi connectivity index (χ2v) is 7.86. The standard InChI is InChI=1S/C17H26N2O2S/c1-5-13(20)19-16-14(15(18)21)11-8-7-10(9-12(11)22-16)17(3,4)6-2/h10H,5-9H2,1-4H3,(H2,18,21)(H,19,20)/t10-/m0/s1. The molecular weight excluding hydrogens is 296 g/mol. The summed E-state index contributed by atoms with van der Waals surface area (Å²) in [4.78, 5) is 24.7. The summed E-state index contributed by atoms with van der Waals surface area (Å²) in [5.74, 6) is 0.0998. The van der Waals surface area contributed by atoms with E-state index in [4.69, 9.17) is 5.73 Å². The van der Waals surface area contributed by atoms with Gasteiger partial charge in [-0.25, -0.2) is 0 Å². The average molecular weight is 322 g/mol. The number of hydrogen-bond donors (Lipinski definition) is 2. The summed E-state index contributed by atoms with van der Waals surface area (Å²) in [5.41, 5.74) is 7.46. The lowest BCUT2D eigenvalue weighted by Crippen LogP contribution is -2.29. The molecule has 2 amide bonds. The van der Waals surface area contributed by atoms with Crippen LogP contribution in [-0.2, 0) is 17.6 Å². The number of carbonyl (C=O) groups is 2. The third-order valence-corrected chi connectivity index (χ3v) is 6.27. The minimum atomic E-state index is -0.433. The second-order valence-electron chi connectivity index (χ2n) is 6.76. The first kappa shape index (κ1) is 17.0. The first-order chi connectivity index (χ1) is 10.3. The molecule has 122 valence electrons. The van der Waals surface area contributed by atoms with Crippen LogP contribution in [0.1, 0.15) is 67.8 Å². The van der Waals surface area contributed by atoms with E-state index < -0.39 is 5.91 Å². The summed E-state index contributed by atoms with van der Waals surface area (Å²) in [6.45, 7) is 8.65. The molecule has 1 aliphatic carbocycles. The van der Waals surface area contributed by atoms with Gasteiger partial charge in [0.1, 0.15) is 5.00 Å². The molecule has 0 unspecified atom stereocenters. The van der Waals surface area contributed by atoms with E-state index >= 15 is 0 Å². The number of primary amides is 1. The van der Waals surface area contributed by atoms with Crippen LogP contribution in [0.25, 0.3) is 0 Å². The third kappa shape index (κ3) is 3.19. The molecular formula is C17H26N2O2S. The van der Waals surface area contributed by atoms with E-state index in [1.807, 2.05) is 0 Å². The van der Waals surface area contributed by atoms with Gasteiger partial charge in [0.2, 0.25) is 5.91 Å². The molecule has 0 fully saturated rings. The van der Waals surface area contributed by atoms with E-state index in [1.54, 1.807) is 6.92 Å². The minimum Gasteiger partial charge on any atom is -0.365 e. The highest BCUT2D eigenvalue weighted by atomic mass is 32.1. The van der Waals surface area contributed by atoms with Crippen molar-refractivity contribution < 1.29 is 9.59 Å². The zero-order valence-electron chi connectivity index (χ0n) is 13.9. The molecule has 1 heterocycles. The number of carbonyl (C=O) groups excluding carboxylic acids is 2. The van der Waals surface area contributed by atoms with Gasteiger partial charge in [-0.2, -0.15) is 0 Å². The first-order valence-corrected chi connectivity index (χ1v) is 8.86. The Morgan fingerprint density at radius 2 is 2.05 bits per heavy atom. The van der Waals surface area contributed by atoms with Crippen LogP contribution >= 0.6 is 11.3 Å². The van der Waals surface area contributed by atoms with Gasteiger partial charge in [-0.15, -0.1) is 11.3 Å². The molecule has 3 N–H and O–H groups in total. The van der Waals surface area contributed by atoms with Crippen molar-refractivity contribution in [2.75, 3.05) is 5.32 Å². The number of nitrogens with one attached hydrogen (secondary N) is 1. The monoisotopic (exact) mass is 322 g/mol. The fourth-order valence-electron chi connectivity index (χ4n) is 3.11. The van der Waals surface area contributed by atoms with E-state index in [2.05, 4.69) is 26.1 Å². The SMILES string of the molecule is CCC(=O)Nc1sc2c(c1C(N)=O)CC[C@H](C(C)(C)CC)C2. The van der Waals surface area contributed by atoms with Gasteiger partial charge in [0, 0.05) is 11.3 Å². The van der Waals surface area contributed by atoms with Crippen LogP contribution in [0.15, 0.2) is 0 Å². The Bertz CT molecular complexity index is 590. The summed E-state index contributed by atoms with van der Waals surface area (Å²) in [6.07, 6.45) is 4.46. The molecule has 0 bridgehead atoms. The molecule has 0 saturated heterocycles. The topological polar surface area (TPSA) is 72.2 Å². The lowest BCUT2D eigenvalue weighted by molar-refractivity contribution is -0.115. The predicted octanol–water partition coefficient (Wildman–Crippen LogP) is 3.74. The average Bonchev–Trinajstić information content (AvgIpc) is 2.83. The van der Waals surface area contributed by atoms with Crippen LogP contribution < -0.4 is 11.1 Å². The third-order valence-electron chi connectivity index (χ3n) is 5.10. The number of fused-ring (bicyclic) bond motifs is 1. The largest absolute Gasteiger partial charge is 0.365 e. The molecule has 1 atom stereocenters. The van der Waals surface area contributed by atoms with Crippen molar-refractivity contribution in [1.29, 1.82) is 0 Å². The van der Waals surface area contributed by atoms with Gasteiger partial charge in [0.15, 0.2) is 0 Å². The summed E-state index contributed by atoms with van der Waals surface area (Å²) < 4.78 is 0. The Kier molecular flexibility index (Phi) is 4.95. The number of hydrogen-bond acceptors (Lipinski definition) is 3. The smallest absolute Gasteiger partial charge is 0.251 e. The van der Waals surface area contributed by atoms with Crippen molar-refractivity contribution in [2.45, 2.75) is 59.8 Å². The summed E-state index contributed by atoms with van der Waals surface area (Å²) >= 11 is 1.53. The van der Waals surface area contributed by atoms with Gasteiger partial charge in [-0.1, -0.05) is 34.1 Å². The summed E-state index contributed by atoms with van der Waals surface area (Å²) in [6, 6.07) is 0. The van der Waals surface area contributed by atoms with Crippen molar-refractivity contribution in [3.63, 3.8) is 0 Å². The van der Waals surface area contributed by atoms with Gasteiger partial charge < -0.3 is 11.1 Å². The summed E-state index contributed by atoms with van der Waals surface area (Å²) in [5, 5.41) is 3.48. The second kappa shape index (κ2) is 6.41. The van der Waals surface area contributed by atoms with Crippen LogP contribution in [0.5, 0.6) is 0 Å². The maximum absolute atomic E-state index is 11.8. The molecule has 0 aliphatic heterocycles. The number of anilines is 1. The highest BCUT2D eigenvalue weighted by molar-refractivity contribution is 7.17. The van der Waals surface area contributed by atoms with Crippen LogP contribution in [0, 0.1) is 11.3 Å². The highest BCUT2D eigenvalue weighted by Crippen LogP contribution is 2.45.